The van der Waals surface area contributed by atoms with Crippen molar-refractivity contribution < 1.29 is 28.6 Å². The van der Waals surface area contributed by atoms with Crippen LogP contribution in [0.15, 0.2) is 60.7 Å². The molecule has 1 N–H and O–H groups in total. The molecule has 5 nitrogen and oxygen atoms in total. The second kappa shape index (κ2) is 11.6. The highest BCUT2D eigenvalue weighted by molar-refractivity contribution is 6.06. The Morgan fingerprint density at radius 2 is 1.65 bits per heavy atom. The fraction of sp³-hybridized carbons (Fsp3) is 0.357. The van der Waals surface area contributed by atoms with Crippen LogP contribution in [0.4, 0.5) is 4.39 Å². The van der Waals surface area contributed by atoms with Gasteiger partial charge in [0.05, 0.1) is 11.0 Å². The number of ether oxygens (including phenoxy) is 2. The molecule has 0 bridgehead atoms. The molecule has 0 fully saturated rings. The van der Waals surface area contributed by atoms with Gasteiger partial charge in [0, 0.05) is 11.8 Å². The first-order valence-corrected chi connectivity index (χ1v) is 11.7. The molecule has 3 rings (SSSR count). The van der Waals surface area contributed by atoms with Crippen molar-refractivity contribution in [2.75, 3.05) is 13.2 Å². The molecule has 3 aromatic carbocycles. The molecule has 0 radical (unpaired) electrons. The number of benzene rings is 3. The van der Waals surface area contributed by atoms with Gasteiger partial charge < -0.3 is 14.6 Å². The fourth-order valence-electron chi connectivity index (χ4n) is 4.09. The Balaban J connectivity index is 1.83. The number of carbonyl (C=O) groups excluding carboxylic acids is 1. The highest BCUT2D eigenvalue weighted by atomic mass is 19.1. The van der Waals surface area contributed by atoms with Crippen molar-refractivity contribution in [2.45, 2.75) is 46.0 Å². The van der Waals surface area contributed by atoms with Gasteiger partial charge >= 0.3 is 5.97 Å². The summed E-state index contributed by atoms with van der Waals surface area (Å²) in [5.74, 6) is -0.583. The summed E-state index contributed by atoms with van der Waals surface area (Å²) in [6.45, 7) is 4.20. The van der Waals surface area contributed by atoms with Crippen molar-refractivity contribution >= 4 is 22.5 Å². The number of carboxylic acid groups (broad SMARTS) is 1. The Labute approximate surface area is 199 Å². The van der Waals surface area contributed by atoms with Crippen LogP contribution in [0.5, 0.6) is 11.5 Å². The summed E-state index contributed by atoms with van der Waals surface area (Å²) in [7, 11) is 0. The Morgan fingerprint density at radius 1 is 0.941 bits per heavy atom. The van der Waals surface area contributed by atoms with Crippen LogP contribution in [0.3, 0.4) is 0 Å². The van der Waals surface area contributed by atoms with Crippen molar-refractivity contribution in [3.8, 4) is 11.5 Å². The Morgan fingerprint density at radius 3 is 2.32 bits per heavy atom. The zero-order chi connectivity index (χ0) is 24.6. The molecule has 6 heteroatoms. The highest BCUT2D eigenvalue weighted by Crippen LogP contribution is 2.38. The Bertz CT molecular complexity index is 1130. The largest absolute Gasteiger partial charge is 0.490 e. The summed E-state index contributed by atoms with van der Waals surface area (Å²) in [5, 5.41) is 11.7. The van der Waals surface area contributed by atoms with Crippen molar-refractivity contribution in [3.63, 3.8) is 0 Å². The minimum absolute atomic E-state index is 0.0837. The second-order valence-corrected chi connectivity index (χ2v) is 8.46. The van der Waals surface area contributed by atoms with Gasteiger partial charge in [-0.1, -0.05) is 57.0 Å². The van der Waals surface area contributed by atoms with Gasteiger partial charge in [-0.05, 0) is 48.6 Å². The molecule has 0 aliphatic rings. The molecule has 1 unspecified atom stereocenters. The maximum absolute atomic E-state index is 13.4. The topological polar surface area (TPSA) is 72.8 Å². The van der Waals surface area contributed by atoms with Crippen molar-refractivity contribution in [1.29, 1.82) is 0 Å². The van der Waals surface area contributed by atoms with Gasteiger partial charge in [0.2, 0.25) is 0 Å². The molecule has 0 amide bonds. The summed E-state index contributed by atoms with van der Waals surface area (Å²) < 4.78 is 24.7. The van der Waals surface area contributed by atoms with Crippen LogP contribution in [0.2, 0.25) is 0 Å². The van der Waals surface area contributed by atoms with Crippen molar-refractivity contribution in [2.24, 2.45) is 5.41 Å². The van der Waals surface area contributed by atoms with E-state index in [1.165, 1.54) is 24.3 Å². The van der Waals surface area contributed by atoms with Crippen LogP contribution >= 0.6 is 0 Å². The number of rotatable bonds is 13. The molecule has 0 heterocycles. The smallest absolute Gasteiger partial charge is 0.310 e. The lowest BCUT2D eigenvalue weighted by Gasteiger charge is -2.28. The second-order valence-electron chi connectivity index (χ2n) is 8.46. The molecular formula is C28H31FO5. The summed E-state index contributed by atoms with van der Waals surface area (Å²) in [6, 6.07) is 16.9. The minimum Gasteiger partial charge on any atom is -0.490 e. The number of hydrogen-bond donors (Lipinski definition) is 1. The number of carboxylic acids is 1. The number of Topliss-reactive ketones (excluding diaryl/α,β-unsaturated/α-hetero) is 1. The fourth-order valence-corrected chi connectivity index (χ4v) is 4.09. The maximum atomic E-state index is 13.4. The van der Waals surface area contributed by atoms with E-state index in [1.54, 1.807) is 6.07 Å². The van der Waals surface area contributed by atoms with E-state index in [2.05, 4.69) is 0 Å². The normalized spacial score (nSPS) is 12.8. The Kier molecular flexibility index (Phi) is 8.63. The number of fused-ring (bicyclic) bond motifs is 1. The standard InChI is InChI=1S/C28H31FO5/c1-3-5-16-28(4-2,27(31)32)19-25(30)24-15-10-20-8-6-7-9-23(20)26(24)34-18-17-33-22-13-11-21(29)12-14-22/h6-15H,3-5,16-19H2,1-2H3,(H,31,32). The van der Waals surface area contributed by atoms with Crippen LogP contribution < -0.4 is 9.47 Å². The zero-order valence-corrected chi connectivity index (χ0v) is 19.7. The SMILES string of the molecule is CCCCC(CC)(CC(=O)c1ccc2ccccc2c1OCCOc1ccc(F)cc1)C(=O)O. The lowest BCUT2D eigenvalue weighted by atomic mass is 9.75. The average molecular weight is 467 g/mol. The lowest BCUT2D eigenvalue weighted by Crippen LogP contribution is -2.33. The number of aliphatic carboxylic acids is 1. The lowest BCUT2D eigenvalue weighted by molar-refractivity contribution is -0.149. The van der Waals surface area contributed by atoms with E-state index in [-0.39, 0.29) is 31.2 Å². The molecule has 0 saturated heterocycles. The summed E-state index contributed by atoms with van der Waals surface area (Å²) in [5.41, 5.74) is -0.724. The van der Waals surface area contributed by atoms with Gasteiger partial charge in [-0.2, -0.15) is 0 Å². The third-order valence-corrected chi connectivity index (χ3v) is 6.23. The van der Waals surface area contributed by atoms with Gasteiger partial charge in [0.15, 0.2) is 5.78 Å². The molecule has 0 spiro atoms. The van der Waals surface area contributed by atoms with Crippen LogP contribution in [0.1, 0.15) is 56.3 Å². The van der Waals surface area contributed by atoms with Crippen LogP contribution in [0.25, 0.3) is 10.8 Å². The van der Waals surface area contributed by atoms with Crippen LogP contribution in [0, 0.1) is 11.2 Å². The summed E-state index contributed by atoms with van der Waals surface area (Å²) in [6.07, 6.45) is 2.36. The number of ketones is 1. The van der Waals surface area contributed by atoms with Gasteiger partial charge in [0.1, 0.15) is 30.5 Å². The first-order valence-electron chi connectivity index (χ1n) is 11.7. The van der Waals surface area contributed by atoms with E-state index in [1.807, 2.05) is 44.2 Å². The molecule has 0 saturated carbocycles. The predicted molar refractivity (Wildman–Crippen MR) is 130 cm³/mol. The molecule has 34 heavy (non-hydrogen) atoms. The minimum atomic E-state index is -1.10. The number of hydrogen-bond acceptors (Lipinski definition) is 4. The van der Waals surface area contributed by atoms with E-state index < -0.39 is 11.4 Å². The molecule has 0 aliphatic heterocycles. The first-order chi connectivity index (χ1) is 16.4. The predicted octanol–water partition coefficient (Wildman–Crippen LogP) is 6.68. The van der Waals surface area contributed by atoms with E-state index in [9.17, 15) is 19.1 Å². The van der Waals surface area contributed by atoms with E-state index in [0.717, 1.165) is 23.6 Å². The number of carbonyl (C=O) groups is 2. The quantitative estimate of drug-likeness (QED) is 0.225. The first kappa shape index (κ1) is 25.2. The molecule has 1 atom stereocenters. The van der Waals surface area contributed by atoms with Crippen molar-refractivity contribution in [3.05, 3.63) is 72.0 Å². The van der Waals surface area contributed by atoms with Gasteiger partial charge in [-0.3, -0.25) is 9.59 Å². The van der Waals surface area contributed by atoms with Gasteiger partial charge in [-0.25, -0.2) is 4.39 Å². The monoisotopic (exact) mass is 466 g/mol. The average Bonchev–Trinajstić information content (AvgIpc) is 2.85. The Hall–Kier alpha value is -3.41. The van der Waals surface area contributed by atoms with Gasteiger partial charge in [0.25, 0.3) is 0 Å². The number of halogens is 1. The van der Waals surface area contributed by atoms with E-state index >= 15 is 0 Å². The molecule has 180 valence electrons. The van der Waals surface area contributed by atoms with E-state index in [4.69, 9.17) is 9.47 Å². The highest BCUT2D eigenvalue weighted by Gasteiger charge is 2.39. The molecule has 0 aromatic heterocycles. The number of unbranched alkanes of at least 4 members (excludes halogenated alkanes) is 1. The molecular weight excluding hydrogens is 435 g/mol. The summed E-state index contributed by atoms with van der Waals surface area (Å²) in [4.78, 5) is 25.6. The van der Waals surface area contributed by atoms with E-state index in [0.29, 0.717) is 29.9 Å². The third kappa shape index (κ3) is 5.93. The third-order valence-electron chi connectivity index (χ3n) is 6.23. The van der Waals surface area contributed by atoms with Crippen molar-refractivity contribution in [1.82, 2.24) is 0 Å². The molecule has 0 aliphatic carbocycles. The maximum Gasteiger partial charge on any atom is 0.310 e. The summed E-state index contributed by atoms with van der Waals surface area (Å²) >= 11 is 0. The van der Waals surface area contributed by atoms with Crippen LogP contribution in [-0.4, -0.2) is 30.1 Å². The molecule has 3 aromatic rings. The zero-order valence-electron chi connectivity index (χ0n) is 19.7. The van der Waals surface area contributed by atoms with Gasteiger partial charge in [-0.15, -0.1) is 0 Å². The van der Waals surface area contributed by atoms with Crippen LogP contribution in [-0.2, 0) is 4.79 Å².